The zero-order chi connectivity index (χ0) is 28.9. The molecular formula is C26H30F5N7O3. The fourth-order valence-corrected chi connectivity index (χ4v) is 5.65. The summed E-state index contributed by atoms with van der Waals surface area (Å²) >= 11 is 0. The van der Waals surface area contributed by atoms with E-state index in [2.05, 4.69) is 15.4 Å². The molecule has 0 unspecified atom stereocenters. The third-order valence-corrected chi connectivity index (χ3v) is 8.11. The summed E-state index contributed by atoms with van der Waals surface area (Å²) in [4.78, 5) is 22.6. The zero-order valence-corrected chi connectivity index (χ0v) is 22.2. The van der Waals surface area contributed by atoms with Gasteiger partial charge in [0.15, 0.2) is 5.65 Å². The van der Waals surface area contributed by atoms with Gasteiger partial charge in [-0.3, -0.25) is 0 Å². The van der Waals surface area contributed by atoms with Gasteiger partial charge in [0.2, 0.25) is 5.92 Å². The maximum Gasteiger partial charge on any atom is 0.410 e. The number of rotatable bonds is 9. The smallest absolute Gasteiger partial charge is 0.410 e. The summed E-state index contributed by atoms with van der Waals surface area (Å²) in [6, 6.07) is -2.25. The second-order valence-electron chi connectivity index (χ2n) is 11.1. The molecule has 10 nitrogen and oxygen atoms in total. The van der Waals surface area contributed by atoms with Crippen LogP contribution in [-0.2, 0) is 4.74 Å². The van der Waals surface area contributed by atoms with Crippen LogP contribution in [0.4, 0.5) is 32.8 Å². The Labute approximate surface area is 231 Å². The quantitative estimate of drug-likeness (QED) is 0.333. The first-order valence-electron chi connectivity index (χ1n) is 13.6. The molecule has 3 fully saturated rings. The van der Waals surface area contributed by atoms with E-state index in [9.17, 15) is 26.7 Å². The van der Waals surface area contributed by atoms with Gasteiger partial charge in [0, 0.05) is 31.4 Å². The van der Waals surface area contributed by atoms with E-state index in [1.165, 1.54) is 17.8 Å². The Kier molecular flexibility index (Phi) is 7.02. The number of methoxy groups -OCH3 is 1. The van der Waals surface area contributed by atoms with Gasteiger partial charge in [0.05, 0.1) is 49.5 Å². The molecule has 15 heteroatoms. The highest BCUT2D eigenvalue weighted by molar-refractivity contribution is 5.77. The molecule has 0 aromatic carbocycles. The van der Waals surface area contributed by atoms with Crippen molar-refractivity contribution in [3.8, 4) is 0 Å². The van der Waals surface area contributed by atoms with Crippen LogP contribution < -0.4 is 10.6 Å². The molecular weight excluding hydrogens is 553 g/mol. The number of hydrogen-bond acceptors (Lipinski definition) is 7. The molecule has 0 radical (unpaired) electrons. The number of nitrogens with one attached hydrogen (secondary N) is 2. The van der Waals surface area contributed by atoms with E-state index in [1.807, 2.05) is 5.32 Å². The number of carbonyl (C=O) groups is 1. The highest BCUT2D eigenvalue weighted by Crippen LogP contribution is 2.44. The van der Waals surface area contributed by atoms with Crippen molar-refractivity contribution in [2.45, 2.75) is 74.7 Å². The lowest BCUT2D eigenvalue weighted by atomic mass is 9.81. The van der Waals surface area contributed by atoms with Crippen molar-refractivity contribution in [3.05, 3.63) is 41.7 Å². The molecule has 1 aliphatic heterocycles. The number of hydrogen-bond donors (Lipinski definition) is 2. The fraction of sp³-hybridized carbons (Fsp3) is 0.615. The highest BCUT2D eigenvalue weighted by Gasteiger charge is 2.48. The number of halogens is 5. The van der Waals surface area contributed by atoms with Gasteiger partial charge in [0.1, 0.15) is 11.8 Å². The number of alkyl halides is 5. The first kappa shape index (κ1) is 27.7. The van der Waals surface area contributed by atoms with E-state index < -0.39 is 42.8 Å². The minimum atomic E-state index is -4.59. The van der Waals surface area contributed by atoms with Crippen molar-refractivity contribution in [3.63, 3.8) is 0 Å². The molecule has 4 heterocycles. The van der Waals surface area contributed by atoms with Crippen LogP contribution in [0.1, 0.15) is 73.5 Å². The summed E-state index contributed by atoms with van der Waals surface area (Å²) in [5, 5.41) is 9.64. The Hall–Kier alpha value is -3.49. The first-order chi connectivity index (χ1) is 19.5. The fourth-order valence-electron chi connectivity index (χ4n) is 5.65. The van der Waals surface area contributed by atoms with E-state index in [0.717, 1.165) is 23.5 Å². The van der Waals surface area contributed by atoms with Crippen molar-refractivity contribution >= 4 is 17.7 Å². The Balaban J connectivity index is 1.29. The number of ether oxygens (including phenoxy) is 1. The van der Waals surface area contributed by atoms with Crippen LogP contribution in [0.15, 0.2) is 29.1 Å². The standard InChI is InChI=1S/C26H30F5N7O3/c1-40-13-18(37-12-20(26(29,30)31)35-24(37)39)16-8-21-34-17(11-38(21)33-9-16)22(15-4-6-25(27,28)7-5-15)36-23-32-10-19(41-23)14-2-3-14/h8-11,14-15,18,20,22H,2-7,12-13H2,1H3,(H,32,36)(H,35,39)/t18-,20+,22+/m1/s1. The number of fused-ring (bicyclic) bond motifs is 1. The van der Waals surface area contributed by atoms with Gasteiger partial charge in [-0.25, -0.2) is 28.1 Å². The molecule has 3 aromatic rings. The lowest BCUT2D eigenvalue weighted by Gasteiger charge is -2.33. The Morgan fingerprint density at radius 1 is 1.22 bits per heavy atom. The lowest BCUT2D eigenvalue weighted by molar-refractivity contribution is -0.150. The van der Waals surface area contributed by atoms with Gasteiger partial charge in [-0.15, -0.1) is 0 Å². The first-order valence-corrected chi connectivity index (χ1v) is 13.6. The second kappa shape index (κ2) is 10.4. The predicted molar refractivity (Wildman–Crippen MR) is 134 cm³/mol. The summed E-state index contributed by atoms with van der Waals surface area (Å²) in [6.45, 7) is -0.629. The normalized spacial score (nSPS) is 23.1. The van der Waals surface area contributed by atoms with Gasteiger partial charge in [0.25, 0.3) is 6.01 Å². The number of carbonyl (C=O) groups excluding carboxylic acids is 1. The monoisotopic (exact) mass is 583 g/mol. The number of nitrogens with zero attached hydrogens (tertiary/aromatic N) is 5. The van der Waals surface area contributed by atoms with E-state index in [0.29, 0.717) is 28.8 Å². The molecule has 3 atom stereocenters. The molecule has 2 saturated carbocycles. The van der Waals surface area contributed by atoms with Gasteiger partial charge < -0.3 is 24.7 Å². The maximum atomic E-state index is 14.0. The number of imidazole rings is 1. The SMILES string of the molecule is COC[C@H](c1cnn2cc([C@@H](Nc3ncc(C4CC4)o3)C3CCC(F)(F)CC3)nc2c1)N1C[C@@H](C(F)(F)F)NC1=O. The Bertz CT molecular complexity index is 1400. The number of urea groups is 1. The third-order valence-electron chi connectivity index (χ3n) is 8.11. The molecule has 0 spiro atoms. The van der Waals surface area contributed by atoms with Gasteiger partial charge in [-0.1, -0.05) is 0 Å². The zero-order valence-electron chi connectivity index (χ0n) is 22.2. The van der Waals surface area contributed by atoms with Crippen molar-refractivity contribution < 1.29 is 35.9 Å². The molecule has 1 saturated heterocycles. The van der Waals surface area contributed by atoms with Gasteiger partial charge in [-0.05, 0) is 37.7 Å². The maximum absolute atomic E-state index is 14.0. The number of oxazole rings is 1. The van der Waals surface area contributed by atoms with Crippen molar-refractivity contribution in [1.82, 2.24) is 29.8 Å². The third kappa shape index (κ3) is 5.81. The molecule has 41 heavy (non-hydrogen) atoms. The number of anilines is 1. The molecule has 2 aliphatic carbocycles. The molecule has 222 valence electrons. The summed E-state index contributed by atoms with van der Waals surface area (Å²) in [6.07, 6.45) is 2.37. The topological polar surface area (TPSA) is 110 Å². The summed E-state index contributed by atoms with van der Waals surface area (Å²) in [7, 11) is 1.39. The van der Waals surface area contributed by atoms with Crippen molar-refractivity contribution in [1.29, 1.82) is 0 Å². The predicted octanol–water partition coefficient (Wildman–Crippen LogP) is 5.22. The summed E-state index contributed by atoms with van der Waals surface area (Å²) in [5.74, 6) is -1.75. The lowest BCUT2D eigenvalue weighted by Crippen LogP contribution is -2.40. The molecule has 3 aliphatic rings. The number of amides is 2. The van der Waals surface area contributed by atoms with E-state index in [4.69, 9.17) is 14.1 Å². The van der Waals surface area contributed by atoms with Crippen LogP contribution in [0.2, 0.25) is 0 Å². The highest BCUT2D eigenvalue weighted by atomic mass is 19.4. The molecule has 0 bridgehead atoms. The molecule has 3 aromatic heterocycles. The van der Waals surface area contributed by atoms with Crippen molar-refractivity contribution in [2.24, 2.45) is 5.92 Å². The average molecular weight is 584 g/mol. The second-order valence-corrected chi connectivity index (χ2v) is 11.1. The minimum absolute atomic E-state index is 0.0582. The molecule has 2 N–H and O–H groups in total. The summed E-state index contributed by atoms with van der Waals surface area (Å²) in [5.41, 5.74) is 1.36. The van der Waals surface area contributed by atoms with E-state index in [1.54, 1.807) is 18.5 Å². The van der Waals surface area contributed by atoms with Gasteiger partial charge in [-0.2, -0.15) is 18.3 Å². The van der Waals surface area contributed by atoms with Crippen LogP contribution in [-0.4, -0.2) is 68.9 Å². The Morgan fingerprint density at radius 3 is 2.63 bits per heavy atom. The molecule has 6 rings (SSSR count). The minimum Gasteiger partial charge on any atom is -0.428 e. The van der Waals surface area contributed by atoms with Crippen LogP contribution in [0.5, 0.6) is 0 Å². The largest absolute Gasteiger partial charge is 0.428 e. The average Bonchev–Trinajstić information content (AvgIpc) is 3.31. The summed E-state index contributed by atoms with van der Waals surface area (Å²) < 4.78 is 80.4. The Morgan fingerprint density at radius 2 is 1.98 bits per heavy atom. The number of aromatic nitrogens is 4. The van der Waals surface area contributed by atoms with Crippen molar-refractivity contribution in [2.75, 3.05) is 25.6 Å². The van der Waals surface area contributed by atoms with Crippen LogP contribution in [0.25, 0.3) is 5.65 Å². The van der Waals surface area contributed by atoms with Crippen LogP contribution >= 0.6 is 0 Å². The van der Waals surface area contributed by atoms with Crippen LogP contribution in [0.3, 0.4) is 0 Å². The van der Waals surface area contributed by atoms with E-state index in [-0.39, 0.29) is 38.2 Å². The van der Waals surface area contributed by atoms with Gasteiger partial charge >= 0.3 is 12.2 Å². The van der Waals surface area contributed by atoms with Crippen LogP contribution in [0, 0.1) is 5.92 Å². The molecule has 2 amide bonds. The van der Waals surface area contributed by atoms with E-state index >= 15 is 0 Å².